The smallest absolute Gasteiger partial charge is 0.234 e. The van der Waals surface area contributed by atoms with Gasteiger partial charge >= 0.3 is 0 Å². The molecule has 1 atom stereocenters. The van der Waals surface area contributed by atoms with Crippen LogP contribution >= 0.6 is 11.6 Å². The van der Waals surface area contributed by atoms with Crippen LogP contribution in [0.4, 0.5) is 5.69 Å². The molecule has 0 bridgehead atoms. The Morgan fingerprint density at radius 2 is 1.81 bits per heavy atom. The highest BCUT2D eigenvalue weighted by molar-refractivity contribution is 6.30. The van der Waals surface area contributed by atoms with Crippen molar-refractivity contribution in [3.8, 4) is 0 Å². The van der Waals surface area contributed by atoms with E-state index < -0.39 is 0 Å². The monoisotopic (exact) mass is 371 g/mol. The van der Waals surface area contributed by atoms with Gasteiger partial charge in [0.2, 0.25) is 5.91 Å². The van der Waals surface area contributed by atoms with Crippen molar-refractivity contribution in [2.45, 2.75) is 19.9 Å². The van der Waals surface area contributed by atoms with E-state index in [0.29, 0.717) is 6.54 Å². The summed E-state index contributed by atoms with van der Waals surface area (Å²) in [6.07, 6.45) is 0. The van der Waals surface area contributed by atoms with E-state index in [1.165, 1.54) is 11.3 Å². The number of amides is 1. The van der Waals surface area contributed by atoms with Crippen molar-refractivity contribution in [1.82, 2.24) is 10.2 Å². The fourth-order valence-electron chi connectivity index (χ4n) is 3.39. The quantitative estimate of drug-likeness (QED) is 0.871. The SMILES string of the molecule is Cc1ccc(Cl)cc1N1CCN(CC(=O)N[C@@H](C)c2ccccc2)CC1. The number of hydrogen-bond donors (Lipinski definition) is 1. The van der Waals surface area contributed by atoms with Crippen LogP contribution in [0.2, 0.25) is 5.02 Å². The van der Waals surface area contributed by atoms with Crippen LogP contribution in [-0.4, -0.2) is 43.5 Å². The van der Waals surface area contributed by atoms with Crippen molar-refractivity contribution in [2.24, 2.45) is 0 Å². The van der Waals surface area contributed by atoms with Crippen LogP contribution in [0.1, 0.15) is 24.1 Å². The molecule has 1 heterocycles. The minimum absolute atomic E-state index is 0.0269. The normalized spacial score (nSPS) is 16.3. The van der Waals surface area contributed by atoms with Gasteiger partial charge in [0.05, 0.1) is 12.6 Å². The van der Waals surface area contributed by atoms with Crippen LogP contribution in [0.3, 0.4) is 0 Å². The van der Waals surface area contributed by atoms with Crippen molar-refractivity contribution >= 4 is 23.2 Å². The molecule has 0 aromatic heterocycles. The summed E-state index contributed by atoms with van der Waals surface area (Å²) in [5, 5.41) is 3.86. The zero-order valence-electron chi connectivity index (χ0n) is 15.4. The zero-order chi connectivity index (χ0) is 18.5. The first-order valence-electron chi connectivity index (χ1n) is 9.10. The van der Waals surface area contributed by atoms with Crippen LogP contribution in [0, 0.1) is 6.92 Å². The lowest BCUT2D eigenvalue weighted by molar-refractivity contribution is -0.123. The van der Waals surface area contributed by atoms with Gasteiger partial charge in [-0.25, -0.2) is 0 Å². The second-order valence-electron chi connectivity index (χ2n) is 6.89. The Hall–Kier alpha value is -2.04. The fourth-order valence-corrected chi connectivity index (χ4v) is 3.55. The Balaban J connectivity index is 1.49. The molecule has 0 radical (unpaired) electrons. The maximum Gasteiger partial charge on any atom is 0.234 e. The number of rotatable bonds is 5. The highest BCUT2D eigenvalue weighted by Crippen LogP contribution is 2.25. The van der Waals surface area contributed by atoms with E-state index in [9.17, 15) is 4.79 Å². The van der Waals surface area contributed by atoms with Gasteiger partial charge in [-0.1, -0.05) is 48.0 Å². The standard InChI is InChI=1S/C21H26ClN3O/c1-16-8-9-19(22)14-20(16)25-12-10-24(11-13-25)15-21(26)23-17(2)18-6-4-3-5-7-18/h3-9,14,17H,10-13,15H2,1-2H3,(H,23,26)/t17-/m0/s1. The van der Waals surface area contributed by atoms with Crippen molar-refractivity contribution in [2.75, 3.05) is 37.6 Å². The van der Waals surface area contributed by atoms with E-state index in [4.69, 9.17) is 11.6 Å². The molecule has 1 aliphatic rings. The Morgan fingerprint density at radius 3 is 2.50 bits per heavy atom. The first kappa shape index (κ1) is 18.7. The van der Waals surface area contributed by atoms with E-state index in [1.807, 2.05) is 49.4 Å². The lowest BCUT2D eigenvalue weighted by Crippen LogP contribution is -2.49. The van der Waals surface area contributed by atoms with Crippen LogP contribution < -0.4 is 10.2 Å². The molecule has 0 unspecified atom stereocenters. The molecular weight excluding hydrogens is 346 g/mol. The number of piperazine rings is 1. The summed E-state index contributed by atoms with van der Waals surface area (Å²) in [4.78, 5) is 16.9. The summed E-state index contributed by atoms with van der Waals surface area (Å²) in [5.41, 5.74) is 3.55. The van der Waals surface area contributed by atoms with Crippen LogP contribution in [0.25, 0.3) is 0 Å². The molecule has 1 N–H and O–H groups in total. The van der Waals surface area contributed by atoms with Gasteiger partial charge in [0.25, 0.3) is 0 Å². The Bertz CT molecular complexity index is 742. The first-order valence-corrected chi connectivity index (χ1v) is 9.48. The Morgan fingerprint density at radius 1 is 1.12 bits per heavy atom. The number of halogens is 1. The number of aryl methyl sites for hydroxylation is 1. The van der Waals surface area contributed by atoms with Crippen molar-refractivity contribution < 1.29 is 4.79 Å². The highest BCUT2D eigenvalue weighted by atomic mass is 35.5. The molecule has 2 aromatic carbocycles. The van der Waals surface area contributed by atoms with Crippen molar-refractivity contribution in [3.05, 3.63) is 64.7 Å². The molecule has 5 heteroatoms. The van der Waals surface area contributed by atoms with Gasteiger partial charge in [0.1, 0.15) is 0 Å². The van der Waals surface area contributed by atoms with E-state index in [0.717, 1.165) is 36.8 Å². The minimum Gasteiger partial charge on any atom is -0.369 e. The van der Waals surface area contributed by atoms with E-state index in [1.54, 1.807) is 0 Å². The van der Waals surface area contributed by atoms with Gasteiger partial charge in [-0.05, 0) is 37.1 Å². The maximum absolute atomic E-state index is 12.4. The van der Waals surface area contributed by atoms with Gasteiger partial charge in [-0.15, -0.1) is 0 Å². The van der Waals surface area contributed by atoms with Gasteiger partial charge in [-0.3, -0.25) is 9.69 Å². The predicted molar refractivity (Wildman–Crippen MR) is 108 cm³/mol. The average molecular weight is 372 g/mol. The summed E-state index contributed by atoms with van der Waals surface area (Å²) >= 11 is 6.14. The molecule has 2 aromatic rings. The molecule has 138 valence electrons. The van der Waals surface area contributed by atoms with Gasteiger partial charge in [0.15, 0.2) is 0 Å². The van der Waals surface area contributed by atoms with Crippen molar-refractivity contribution in [3.63, 3.8) is 0 Å². The van der Waals surface area contributed by atoms with Gasteiger partial charge in [0, 0.05) is 36.9 Å². The molecule has 1 amide bonds. The number of carbonyl (C=O) groups excluding carboxylic acids is 1. The number of hydrogen-bond acceptors (Lipinski definition) is 3. The number of nitrogens with zero attached hydrogens (tertiary/aromatic N) is 2. The van der Waals surface area contributed by atoms with Crippen molar-refractivity contribution in [1.29, 1.82) is 0 Å². The number of nitrogens with one attached hydrogen (secondary N) is 1. The molecule has 0 saturated carbocycles. The van der Waals surface area contributed by atoms with E-state index >= 15 is 0 Å². The fraction of sp³-hybridized carbons (Fsp3) is 0.381. The molecular formula is C21H26ClN3O. The first-order chi connectivity index (χ1) is 12.5. The minimum atomic E-state index is 0.0269. The van der Waals surface area contributed by atoms with Crippen LogP contribution in [-0.2, 0) is 4.79 Å². The molecule has 0 aliphatic carbocycles. The summed E-state index contributed by atoms with van der Waals surface area (Å²) in [5.74, 6) is 0.0775. The predicted octanol–water partition coefficient (Wildman–Crippen LogP) is 3.65. The number of anilines is 1. The van der Waals surface area contributed by atoms with Crippen LogP contribution in [0.15, 0.2) is 48.5 Å². The third-order valence-corrected chi connectivity index (χ3v) is 5.16. The number of carbonyl (C=O) groups is 1. The maximum atomic E-state index is 12.4. The molecule has 3 rings (SSSR count). The Kier molecular flexibility index (Phi) is 6.17. The summed E-state index contributed by atoms with van der Waals surface area (Å²) in [6, 6.07) is 16.1. The van der Waals surface area contributed by atoms with E-state index in [2.05, 4.69) is 28.1 Å². The molecule has 26 heavy (non-hydrogen) atoms. The zero-order valence-corrected chi connectivity index (χ0v) is 16.2. The molecule has 0 spiro atoms. The lowest BCUT2D eigenvalue weighted by Gasteiger charge is -2.36. The highest BCUT2D eigenvalue weighted by Gasteiger charge is 2.21. The van der Waals surface area contributed by atoms with Gasteiger partial charge in [-0.2, -0.15) is 0 Å². The molecule has 4 nitrogen and oxygen atoms in total. The van der Waals surface area contributed by atoms with Gasteiger partial charge < -0.3 is 10.2 Å². The van der Waals surface area contributed by atoms with E-state index in [-0.39, 0.29) is 11.9 Å². The molecule has 1 saturated heterocycles. The topological polar surface area (TPSA) is 35.6 Å². The lowest BCUT2D eigenvalue weighted by atomic mass is 10.1. The Labute approximate surface area is 160 Å². The largest absolute Gasteiger partial charge is 0.369 e. The van der Waals surface area contributed by atoms with Crippen LogP contribution in [0.5, 0.6) is 0 Å². The molecule has 1 fully saturated rings. The number of benzene rings is 2. The third kappa shape index (κ3) is 4.77. The summed E-state index contributed by atoms with van der Waals surface area (Å²) < 4.78 is 0. The second kappa shape index (κ2) is 8.56. The molecule has 1 aliphatic heterocycles. The summed E-state index contributed by atoms with van der Waals surface area (Å²) in [7, 11) is 0. The average Bonchev–Trinajstić information content (AvgIpc) is 2.65. The third-order valence-electron chi connectivity index (χ3n) is 4.93. The second-order valence-corrected chi connectivity index (χ2v) is 7.33. The summed E-state index contributed by atoms with van der Waals surface area (Å²) in [6.45, 7) is 8.13.